The summed E-state index contributed by atoms with van der Waals surface area (Å²) >= 11 is 0. The van der Waals surface area contributed by atoms with E-state index < -0.39 is 66.0 Å². The molecule has 0 aliphatic heterocycles. The van der Waals surface area contributed by atoms with E-state index in [-0.39, 0.29) is 18.8 Å². The summed E-state index contributed by atoms with van der Waals surface area (Å²) in [5, 5.41) is 24.9. The van der Waals surface area contributed by atoms with Crippen LogP contribution in [0.4, 0.5) is 4.79 Å². The number of aliphatic carboxylic acids is 1. The van der Waals surface area contributed by atoms with Crippen molar-refractivity contribution in [3.8, 4) is 0 Å². The van der Waals surface area contributed by atoms with Gasteiger partial charge >= 0.3 is 12.1 Å². The molecule has 0 bridgehead atoms. The van der Waals surface area contributed by atoms with Gasteiger partial charge in [-0.25, -0.2) is 4.79 Å². The maximum absolute atomic E-state index is 14.4. The second-order valence-electron chi connectivity index (χ2n) is 11.8. The van der Waals surface area contributed by atoms with Gasteiger partial charge < -0.3 is 25.6 Å². The number of carbonyl (C=O) groups excluding carboxylic acids is 4. The minimum absolute atomic E-state index is 0.0410. The fourth-order valence-corrected chi connectivity index (χ4v) is 4.14. The summed E-state index contributed by atoms with van der Waals surface area (Å²) in [4.78, 5) is 67.0. The van der Waals surface area contributed by atoms with Crippen LogP contribution in [0.2, 0.25) is 0 Å². The summed E-state index contributed by atoms with van der Waals surface area (Å²) in [5.41, 5.74) is 0.375. The molecule has 2 rings (SSSR count). The number of rotatable bonds is 13. The van der Waals surface area contributed by atoms with Crippen LogP contribution in [0, 0.1) is 5.92 Å². The number of hydrogen-bond donors (Lipinski definition) is 4. The number of carboxylic acid groups (broad SMARTS) is 1. The van der Waals surface area contributed by atoms with Gasteiger partial charge in [0.1, 0.15) is 23.7 Å². The lowest BCUT2D eigenvalue weighted by atomic mass is 9.98. The zero-order valence-electron chi connectivity index (χ0n) is 25.6. The van der Waals surface area contributed by atoms with Crippen molar-refractivity contribution in [1.82, 2.24) is 15.5 Å². The van der Waals surface area contributed by atoms with Gasteiger partial charge in [-0.1, -0.05) is 74.5 Å². The molecule has 0 saturated heterocycles. The minimum Gasteiger partial charge on any atom is -0.480 e. The smallest absolute Gasteiger partial charge is 0.408 e. The highest BCUT2D eigenvalue weighted by molar-refractivity contribution is 6.03. The Morgan fingerprint density at radius 1 is 0.837 bits per heavy atom. The Morgan fingerprint density at radius 3 is 1.81 bits per heavy atom. The molecule has 0 aliphatic rings. The SMILES string of the molecule is CC(C)[C@@H](O)CC(=O)N(C(=O)[C@@H](Cc1ccccc1)NC(=O)OC(C)(C)C)[C@@H](Cc1ccccc1)C(=O)N[C@@H](C)C(=O)O. The number of aliphatic hydroxyl groups is 1. The largest absolute Gasteiger partial charge is 0.480 e. The van der Waals surface area contributed by atoms with E-state index in [2.05, 4.69) is 10.6 Å². The Kier molecular flexibility index (Phi) is 12.9. The number of ether oxygens (including phenoxy) is 1. The molecule has 0 spiro atoms. The number of alkyl carbamates (subject to hydrolysis) is 1. The first-order valence-corrected chi connectivity index (χ1v) is 14.2. The predicted molar refractivity (Wildman–Crippen MR) is 160 cm³/mol. The van der Waals surface area contributed by atoms with Crippen molar-refractivity contribution in [1.29, 1.82) is 0 Å². The summed E-state index contributed by atoms with van der Waals surface area (Å²) in [6.45, 7) is 9.65. The lowest BCUT2D eigenvalue weighted by molar-refractivity contribution is -0.155. The molecule has 0 aliphatic carbocycles. The number of nitrogens with zero attached hydrogens (tertiary/aromatic N) is 1. The maximum Gasteiger partial charge on any atom is 0.408 e. The van der Waals surface area contributed by atoms with Crippen molar-refractivity contribution in [3.05, 3.63) is 71.8 Å². The summed E-state index contributed by atoms with van der Waals surface area (Å²) in [6.07, 6.45) is -2.70. The quantitative estimate of drug-likeness (QED) is 0.274. The first-order chi connectivity index (χ1) is 20.1. The van der Waals surface area contributed by atoms with Gasteiger partial charge in [-0.2, -0.15) is 0 Å². The van der Waals surface area contributed by atoms with Gasteiger partial charge in [-0.05, 0) is 44.7 Å². The van der Waals surface area contributed by atoms with Gasteiger partial charge in [0.05, 0.1) is 12.5 Å². The van der Waals surface area contributed by atoms with Crippen molar-refractivity contribution < 1.29 is 38.9 Å². The molecular weight excluding hydrogens is 554 g/mol. The fourth-order valence-electron chi connectivity index (χ4n) is 4.14. The molecule has 4 amide bonds. The van der Waals surface area contributed by atoms with Gasteiger partial charge in [0.15, 0.2) is 0 Å². The van der Waals surface area contributed by atoms with E-state index in [4.69, 9.17) is 4.74 Å². The van der Waals surface area contributed by atoms with E-state index in [1.807, 2.05) is 0 Å². The highest BCUT2D eigenvalue weighted by Crippen LogP contribution is 2.18. The highest BCUT2D eigenvalue weighted by Gasteiger charge is 2.40. The summed E-state index contributed by atoms with van der Waals surface area (Å²) in [6, 6.07) is 13.2. The van der Waals surface area contributed by atoms with E-state index in [1.165, 1.54) is 6.92 Å². The first-order valence-electron chi connectivity index (χ1n) is 14.2. The van der Waals surface area contributed by atoms with E-state index in [0.29, 0.717) is 11.1 Å². The second-order valence-corrected chi connectivity index (χ2v) is 11.8. The lowest BCUT2D eigenvalue weighted by Gasteiger charge is -2.34. The highest BCUT2D eigenvalue weighted by atomic mass is 16.6. The number of imide groups is 1. The van der Waals surface area contributed by atoms with Gasteiger partial charge in [0.2, 0.25) is 11.8 Å². The van der Waals surface area contributed by atoms with Crippen molar-refractivity contribution in [2.45, 2.75) is 90.6 Å². The van der Waals surface area contributed by atoms with E-state index in [9.17, 15) is 34.2 Å². The summed E-state index contributed by atoms with van der Waals surface area (Å²) in [5.74, 6) is -4.28. The third-order valence-electron chi connectivity index (χ3n) is 6.55. The maximum atomic E-state index is 14.4. The molecular formula is C32H43N3O8. The van der Waals surface area contributed by atoms with Crippen LogP contribution in [-0.4, -0.2) is 74.7 Å². The minimum atomic E-state index is -1.50. The third-order valence-corrected chi connectivity index (χ3v) is 6.55. The molecule has 0 radical (unpaired) electrons. The van der Waals surface area contributed by atoms with E-state index >= 15 is 0 Å². The van der Waals surface area contributed by atoms with Crippen molar-refractivity contribution in [3.63, 3.8) is 0 Å². The molecule has 11 heteroatoms. The normalized spacial score (nSPS) is 14.1. The van der Waals surface area contributed by atoms with Gasteiger partial charge in [-0.3, -0.25) is 24.1 Å². The van der Waals surface area contributed by atoms with Crippen molar-refractivity contribution in [2.75, 3.05) is 0 Å². The Labute approximate surface area is 252 Å². The molecule has 0 heterocycles. The zero-order valence-corrected chi connectivity index (χ0v) is 25.6. The molecule has 0 aromatic heterocycles. The van der Waals surface area contributed by atoms with Crippen LogP contribution in [0.15, 0.2) is 60.7 Å². The van der Waals surface area contributed by atoms with Gasteiger partial charge in [0, 0.05) is 12.8 Å². The van der Waals surface area contributed by atoms with Crippen LogP contribution in [-0.2, 0) is 36.8 Å². The number of carbonyl (C=O) groups is 5. The zero-order chi connectivity index (χ0) is 32.3. The van der Waals surface area contributed by atoms with Crippen LogP contribution < -0.4 is 10.6 Å². The van der Waals surface area contributed by atoms with Gasteiger partial charge in [-0.15, -0.1) is 0 Å². The third kappa shape index (κ3) is 11.5. The Balaban J connectivity index is 2.64. The van der Waals surface area contributed by atoms with E-state index in [1.54, 1.807) is 95.3 Å². The first kappa shape index (κ1) is 34.9. The number of benzene rings is 2. The Hall–Kier alpha value is -4.25. The summed E-state index contributed by atoms with van der Waals surface area (Å²) < 4.78 is 5.38. The molecule has 234 valence electrons. The van der Waals surface area contributed by atoms with Gasteiger partial charge in [0.25, 0.3) is 5.91 Å². The molecule has 4 atom stereocenters. The number of aliphatic hydroxyl groups excluding tert-OH is 1. The molecule has 0 saturated carbocycles. The molecule has 11 nitrogen and oxygen atoms in total. The summed E-state index contributed by atoms with van der Waals surface area (Å²) in [7, 11) is 0. The molecule has 43 heavy (non-hydrogen) atoms. The fraction of sp³-hybridized carbons (Fsp3) is 0.469. The number of hydrogen-bond acceptors (Lipinski definition) is 7. The second kappa shape index (κ2) is 15.8. The number of carboxylic acids is 1. The average Bonchev–Trinajstić information content (AvgIpc) is 2.92. The molecule has 0 fully saturated rings. The van der Waals surface area contributed by atoms with E-state index in [0.717, 1.165) is 4.90 Å². The topological polar surface area (TPSA) is 162 Å². The Morgan fingerprint density at radius 2 is 1.35 bits per heavy atom. The number of amides is 4. The van der Waals surface area contributed by atoms with Crippen LogP contribution in [0.3, 0.4) is 0 Å². The molecule has 0 unspecified atom stereocenters. The average molecular weight is 598 g/mol. The lowest BCUT2D eigenvalue weighted by Crippen LogP contribution is -2.60. The standard InChI is InChI=1S/C32H43N3O8/c1-20(2)26(36)19-27(37)35(25(18-23-15-11-8-12-16-23)28(38)33-21(3)30(40)41)29(39)24(17-22-13-9-7-10-14-22)34-31(42)43-32(4,5)6/h7-16,20-21,24-26,36H,17-19H2,1-6H3,(H,33,38)(H,34,42)(H,40,41)/t21-,24+,25-,26-/m0/s1. The van der Waals surface area contributed by atoms with Crippen LogP contribution in [0.25, 0.3) is 0 Å². The van der Waals surface area contributed by atoms with Crippen LogP contribution in [0.5, 0.6) is 0 Å². The molecule has 2 aromatic rings. The monoisotopic (exact) mass is 597 g/mol. The number of nitrogens with one attached hydrogen (secondary N) is 2. The van der Waals surface area contributed by atoms with Crippen molar-refractivity contribution >= 4 is 29.8 Å². The Bertz CT molecular complexity index is 1240. The predicted octanol–water partition coefficient (Wildman–Crippen LogP) is 3.09. The molecule has 4 N–H and O–H groups in total. The molecule has 2 aromatic carbocycles. The van der Waals surface area contributed by atoms with Crippen LogP contribution in [0.1, 0.15) is 59.1 Å². The van der Waals surface area contributed by atoms with Crippen molar-refractivity contribution in [2.24, 2.45) is 5.92 Å². The van der Waals surface area contributed by atoms with Crippen LogP contribution >= 0.6 is 0 Å².